The topological polar surface area (TPSA) is 55.0 Å². The first-order valence-corrected chi connectivity index (χ1v) is 4.37. The van der Waals surface area contributed by atoms with Crippen LogP contribution in [0.25, 0.3) is 11.0 Å². The third-order valence-corrected chi connectivity index (χ3v) is 2.06. The Hall–Kier alpha value is -1.84. The highest BCUT2D eigenvalue weighted by Gasteiger charge is 2.04. The van der Waals surface area contributed by atoms with Gasteiger partial charge in [0.25, 0.3) is 0 Å². The summed E-state index contributed by atoms with van der Waals surface area (Å²) < 4.78 is 0. The average Bonchev–Trinajstić information content (AvgIpc) is 2.17. The standard InChI is InChI=1S/C10H12N4/c1-14(2)9-6-8(11)7-4-3-5-12-10(7)13-9/h3-6H,1-2H3,(H2,11,12,13). The van der Waals surface area contributed by atoms with E-state index in [1.54, 1.807) is 6.20 Å². The molecular weight excluding hydrogens is 176 g/mol. The van der Waals surface area contributed by atoms with Gasteiger partial charge >= 0.3 is 0 Å². The smallest absolute Gasteiger partial charge is 0.163 e. The van der Waals surface area contributed by atoms with Gasteiger partial charge in [0.1, 0.15) is 5.82 Å². The normalized spacial score (nSPS) is 10.4. The molecule has 0 radical (unpaired) electrons. The lowest BCUT2D eigenvalue weighted by Gasteiger charge is -2.12. The van der Waals surface area contributed by atoms with Gasteiger partial charge in [-0.05, 0) is 12.1 Å². The van der Waals surface area contributed by atoms with E-state index >= 15 is 0 Å². The number of nitrogens with zero attached hydrogens (tertiary/aromatic N) is 3. The molecule has 2 rings (SSSR count). The maximum Gasteiger partial charge on any atom is 0.163 e. The molecule has 0 saturated carbocycles. The van der Waals surface area contributed by atoms with Crippen molar-refractivity contribution in [2.75, 3.05) is 24.7 Å². The molecule has 0 bridgehead atoms. The number of hydrogen-bond acceptors (Lipinski definition) is 4. The number of hydrogen-bond donors (Lipinski definition) is 1. The van der Waals surface area contributed by atoms with Crippen molar-refractivity contribution in [3.05, 3.63) is 24.4 Å². The zero-order valence-electron chi connectivity index (χ0n) is 8.23. The van der Waals surface area contributed by atoms with Gasteiger partial charge in [-0.3, -0.25) is 0 Å². The molecule has 2 N–H and O–H groups in total. The number of rotatable bonds is 1. The molecule has 2 heterocycles. The van der Waals surface area contributed by atoms with Crippen LogP contribution in [0.3, 0.4) is 0 Å². The molecule has 0 fully saturated rings. The van der Waals surface area contributed by atoms with Crippen LogP contribution in [-0.4, -0.2) is 24.1 Å². The number of aromatic nitrogens is 2. The van der Waals surface area contributed by atoms with Gasteiger partial charge in [-0.2, -0.15) is 0 Å². The minimum atomic E-state index is 0.691. The first kappa shape index (κ1) is 8.74. The number of pyridine rings is 2. The summed E-state index contributed by atoms with van der Waals surface area (Å²) in [6, 6.07) is 5.63. The lowest BCUT2D eigenvalue weighted by molar-refractivity contribution is 1.08. The Labute approximate surface area is 82.4 Å². The van der Waals surface area contributed by atoms with Crippen LogP contribution in [0.4, 0.5) is 11.5 Å². The average molecular weight is 188 g/mol. The SMILES string of the molecule is CN(C)c1cc(N)c2cccnc2n1. The van der Waals surface area contributed by atoms with Crippen LogP contribution in [-0.2, 0) is 0 Å². The molecule has 0 unspecified atom stereocenters. The molecule has 0 saturated heterocycles. The van der Waals surface area contributed by atoms with Crippen LogP contribution in [0.2, 0.25) is 0 Å². The molecule has 2 aromatic rings. The molecule has 0 aliphatic heterocycles. The van der Waals surface area contributed by atoms with Crippen LogP contribution >= 0.6 is 0 Å². The first-order valence-electron chi connectivity index (χ1n) is 4.37. The molecule has 0 amide bonds. The molecule has 72 valence electrons. The fraction of sp³-hybridized carbons (Fsp3) is 0.200. The number of fused-ring (bicyclic) bond motifs is 1. The van der Waals surface area contributed by atoms with Crippen molar-refractivity contribution in [2.45, 2.75) is 0 Å². The summed E-state index contributed by atoms with van der Waals surface area (Å²) in [5.41, 5.74) is 7.29. The molecular formula is C10H12N4. The van der Waals surface area contributed by atoms with E-state index in [1.807, 2.05) is 37.2 Å². The van der Waals surface area contributed by atoms with E-state index in [4.69, 9.17) is 5.73 Å². The largest absolute Gasteiger partial charge is 0.398 e. The Morgan fingerprint density at radius 1 is 1.36 bits per heavy atom. The summed E-state index contributed by atoms with van der Waals surface area (Å²) in [6.45, 7) is 0. The summed E-state index contributed by atoms with van der Waals surface area (Å²) in [7, 11) is 3.85. The Bertz CT molecular complexity index is 465. The fourth-order valence-electron chi connectivity index (χ4n) is 1.30. The molecule has 0 aliphatic rings. The predicted molar refractivity (Wildman–Crippen MR) is 58.3 cm³/mol. The fourth-order valence-corrected chi connectivity index (χ4v) is 1.30. The maximum absolute atomic E-state index is 5.89. The van der Waals surface area contributed by atoms with Crippen molar-refractivity contribution in [2.24, 2.45) is 0 Å². The summed E-state index contributed by atoms with van der Waals surface area (Å²) >= 11 is 0. The summed E-state index contributed by atoms with van der Waals surface area (Å²) in [5.74, 6) is 0.828. The second-order valence-corrected chi connectivity index (χ2v) is 3.34. The molecule has 0 atom stereocenters. The van der Waals surface area contributed by atoms with E-state index in [2.05, 4.69) is 9.97 Å². The van der Waals surface area contributed by atoms with Gasteiger partial charge in [-0.1, -0.05) is 0 Å². The van der Waals surface area contributed by atoms with Crippen LogP contribution in [0, 0.1) is 0 Å². The Kier molecular flexibility index (Phi) is 1.96. The number of nitrogens with two attached hydrogens (primary N) is 1. The second kappa shape index (κ2) is 3.14. The predicted octanol–water partition coefficient (Wildman–Crippen LogP) is 1.28. The molecule has 4 nitrogen and oxygen atoms in total. The van der Waals surface area contributed by atoms with Crippen molar-refractivity contribution in [3.8, 4) is 0 Å². The molecule has 0 spiro atoms. The zero-order chi connectivity index (χ0) is 10.1. The van der Waals surface area contributed by atoms with Crippen molar-refractivity contribution in [1.82, 2.24) is 9.97 Å². The molecule has 14 heavy (non-hydrogen) atoms. The van der Waals surface area contributed by atoms with Crippen molar-refractivity contribution in [1.29, 1.82) is 0 Å². The second-order valence-electron chi connectivity index (χ2n) is 3.34. The van der Waals surface area contributed by atoms with E-state index in [1.165, 1.54) is 0 Å². The van der Waals surface area contributed by atoms with E-state index < -0.39 is 0 Å². The molecule has 0 aromatic carbocycles. The number of anilines is 2. The van der Waals surface area contributed by atoms with Gasteiger partial charge in [0, 0.05) is 37.4 Å². The first-order chi connectivity index (χ1) is 6.68. The van der Waals surface area contributed by atoms with Crippen molar-refractivity contribution in [3.63, 3.8) is 0 Å². The monoisotopic (exact) mass is 188 g/mol. The highest BCUT2D eigenvalue weighted by Crippen LogP contribution is 2.21. The summed E-state index contributed by atoms with van der Waals surface area (Å²) in [4.78, 5) is 10.4. The third kappa shape index (κ3) is 1.35. The van der Waals surface area contributed by atoms with Crippen LogP contribution in [0.15, 0.2) is 24.4 Å². The Morgan fingerprint density at radius 2 is 2.14 bits per heavy atom. The van der Waals surface area contributed by atoms with Crippen LogP contribution in [0.1, 0.15) is 0 Å². The number of nitrogen functional groups attached to an aromatic ring is 1. The van der Waals surface area contributed by atoms with Gasteiger partial charge in [0.2, 0.25) is 0 Å². The van der Waals surface area contributed by atoms with Gasteiger partial charge < -0.3 is 10.6 Å². The quantitative estimate of drug-likeness (QED) is 0.732. The van der Waals surface area contributed by atoms with Crippen LogP contribution < -0.4 is 10.6 Å². The highest BCUT2D eigenvalue weighted by molar-refractivity contribution is 5.89. The van der Waals surface area contributed by atoms with E-state index in [-0.39, 0.29) is 0 Å². The minimum absolute atomic E-state index is 0.691. The summed E-state index contributed by atoms with van der Waals surface area (Å²) in [6.07, 6.45) is 1.72. The van der Waals surface area contributed by atoms with Gasteiger partial charge in [0.05, 0.1) is 0 Å². The van der Waals surface area contributed by atoms with Crippen molar-refractivity contribution >= 4 is 22.5 Å². The zero-order valence-corrected chi connectivity index (χ0v) is 8.23. The lowest BCUT2D eigenvalue weighted by Crippen LogP contribution is -2.11. The highest BCUT2D eigenvalue weighted by atomic mass is 15.1. The van der Waals surface area contributed by atoms with E-state index in [9.17, 15) is 0 Å². The van der Waals surface area contributed by atoms with Gasteiger partial charge in [-0.25, -0.2) is 9.97 Å². The molecule has 4 heteroatoms. The minimum Gasteiger partial charge on any atom is -0.398 e. The lowest BCUT2D eigenvalue weighted by atomic mass is 10.2. The van der Waals surface area contributed by atoms with Gasteiger partial charge in [-0.15, -0.1) is 0 Å². The Balaban J connectivity index is 2.72. The van der Waals surface area contributed by atoms with Crippen LogP contribution in [0.5, 0.6) is 0 Å². The molecule has 2 aromatic heterocycles. The molecule has 0 aliphatic carbocycles. The van der Waals surface area contributed by atoms with E-state index in [0.29, 0.717) is 11.3 Å². The van der Waals surface area contributed by atoms with Gasteiger partial charge in [0.15, 0.2) is 5.65 Å². The van der Waals surface area contributed by atoms with Crippen molar-refractivity contribution < 1.29 is 0 Å². The summed E-state index contributed by atoms with van der Waals surface area (Å²) in [5, 5.41) is 0.901. The van der Waals surface area contributed by atoms with E-state index in [0.717, 1.165) is 11.2 Å². The maximum atomic E-state index is 5.89. The Morgan fingerprint density at radius 3 is 2.86 bits per heavy atom. The third-order valence-electron chi connectivity index (χ3n) is 2.06.